The number of nitrogens with zero attached hydrogens (tertiary/aromatic N) is 1. The number of hydrogen-bond donors (Lipinski definition) is 0. The molecule has 0 N–H and O–H groups in total. The van der Waals surface area contributed by atoms with Gasteiger partial charge in [-0.3, -0.25) is 9.78 Å². The molecule has 3 nitrogen and oxygen atoms in total. The smallest absolute Gasteiger partial charge is 0.308 e. The zero-order valence-corrected chi connectivity index (χ0v) is 5.50. The van der Waals surface area contributed by atoms with Gasteiger partial charge in [0.2, 0.25) is 0 Å². The Morgan fingerprint density at radius 2 is 2.60 bits per heavy atom. The average Bonchev–Trinajstić information content (AvgIpc) is 1.88. The van der Waals surface area contributed by atoms with Crippen molar-refractivity contribution in [1.82, 2.24) is 4.98 Å². The third-order valence-electron chi connectivity index (χ3n) is 0.837. The Bertz CT molecular complexity index is 220. The summed E-state index contributed by atoms with van der Waals surface area (Å²) in [5.74, 6) is -0.000694. The van der Waals surface area contributed by atoms with Gasteiger partial charge >= 0.3 is 5.97 Å². The summed E-state index contributed by atoms with van der Waals surface area (Å²) in [5.41, 5.74) is 0. The molecule has 1 rings (SSSR count). The Balaban J connectivity index is 2.67. The lowest BCUT2D eigenvalue weighted by Gasteiger charge is -1.95. The second-order valence-electron chi connectivity index (χ2n) is 1.71. The van der Waals surface area contributed by atoms with Crippen molar-refractivity contribution < 1.29 is 9.53 Å². The van der Waals surface area contributed by atoms with Crippen LogP contribution < -0.4 is 4.74 Å². The Labute approximate surface area is 58.7 Å². The molecule has 1 radical (unpaired) electrons. The van der Waals surface area contributed by atoms with Crippen LogP contribution in [0.3, 0.4) is 0 Å². The van der Waals surface area contributed by atoms with Crippen LogP contribution in [0.4, 0.5) is 0 Å². The van der Waals surface area contributed by atoms with Crippen LogP contribution in [-0.2, 0) is 4.79 Å². The molecular formula is C7H6NO2. The normalized spacial score (nSPS) is 8.90. The standard InChI is InChI=1S/C7H6NO2/c1-6(9)10-7-3-2-4-8-5-7/h2-4H,1H3. The first kappa shape index (κ1) is 6.74. The van der Waals surface area contributed by atoms with Gasteiger partial charge in [-0.15, -0.1) is 0 Å². The number of carbonyl (C=O) groups is 1. The highest BCUT2D eigenvalue weighted by molar-refractivity contribution is 5.68. The molecule has 1 aromatic rings. The highest BCUT2D eigenvalue weighted by Gasteiger charge is 1.94. The van der Waals surface area contributed by atoms with Gasteiger partial charge in [-0.2, -0.15) is 0 Å². The van der Waals surface area contributed by atoms with E-state index >= 15 is 0 Å². The largest absolute Gasteiger partial charge is 0.424 e. The summed E-state index contributed by atoms with van der Waals surface area (Å²) in [5, 5.41) is 0. The van der Waals surface area contributed by atoms with Crippen LogP contribution in [0.2, 0.25) is 0 Å². The molecule has 3 heteroatoms. The van der Waals surface area contributed by atoms with Crippen LogP contribution in [0.1, 0.15) is 6.92 Å². The first-order valence-electron chi connectivity index (χ1n) is 2.80. The fourth-order valence-electron chi connectivity index (χ4n) is 0.523. The first-order chi connectivity index (χ1) is 4.79. The predicted octanol–water partition coefficient (Wildman–Crippen LogP) is 0.807. The lowest BCUT2D eigenvalue weighted by Crippen LogP contribution is -2.01. The third-order valence-corrected chi connectivity index (χ3v) is 0.837. The number of rotatable bonds is 1. The fourth-order valence-corrected chi connectivity index (χ4v) is 0.523. The number of ether oxygens (including phenoxy) is 1. The van der Waals surface area contributed by atoms with Gasteiger partial charge in [-0.1, -0.05) is 0 Å². The van der Waals surface area contributed by atoms with Gasteiger partial charge in [-0.05, 0) is 12.1 Å². The zero-order chi connectivity index (χ0) is 7.40. The molecule has 0 fully saturated rings. The summed E-state index contributed by atoms with van der Waals surface area (Å²) in [4.78, 5) is 14.0. The van der Waals surface area contributed by atoms with Crippen LogP contribution in [0.5, 0.6) is 5.75 Å². The van der Waals surface area contributed by atoms with E-state index < -0.39 is 0 Å². The topological polar surface area (TPSA) is 39.2 Å². The molecule has 10 heavy (non-hydrogen) atoms. The summed E-state index contributed by atoms with van der Waals surface area (Å²) in [7, 11) is 0. The second-order valence-corrected chi connectivity index (χ2v) is 1.71. The lowest BCUT2D eigenvalue weighted by atomic mass is 10.5. The van der Waals surface area contributed by atoms with Crippen molar-refractivity contribution in [2.45, 2.75) is 6.92 Å². The Morgan fingerprint density at radius 1 is 1.80 bits per heavy atom. The van der Waals surface area contributed by atoms with E-state index in [4.69, 9.17) is 0 Å². The summed E-state index contributed by atoms with van der Waals surface area (Å²) in [6.45, 7) is 1.33. The number of aromatic nitrogens is 1. The van der Waals surface area contributed by atoms with Crippen molar-refractivity contribution in [2.75, 3.05) is 0 Å². The van der Waals surface area contributed by atoms with Crippen molar-refractivity contribution in [2.24, 2.45) is 0 Å². The minimum atomic E-state index is -0.357. The van der Waals surface area contributed by atoms with E-state index in [2.05, 4.69) is 15.9 Å². The number of esters is 1. The van der Waals surface area contributed by atoms with Gasteiger partial charge in [0.1, 0.15) is 6.20 Å². The average molecular weight is 136 g/mol. The fraction of sp³-hybridized carbons (Fsp3) is 0.143. The molecule has 0 saturated carbocycles. The van der Waals surface area contributed by atoms with Gasteiger partial charge in [0.15, 0.2) is 5.75 Å². The highest BCUT2D eigenvalue weighted by atomic mass is 16.5. The van der Waals surface area contributed by atoms with E-state index in [1.807, 2.05) is 0 Å². The predicted molar refractivity (Wildman–Crippen MR) is 34.4 cm³/mol. The molecule has 0 aliphatic carbocycles. The van der Waals surface area contributed by atoms with E-state index in [9.17, 15) is 4.79 Å². The molecule has 0 aliphatic heterocycles. The van der Waals surface area contributed by atoms with Gasteiger partial charge in [0.05, 0.1) is 0 Å². The van der Waals surface area contributed by atoms with Crippen molar-refractivity contribution in [3.8, 4) is 5.75 Å². The van der Waals surface area contributed by atoms with Crippen molar-refractivity contribution in [1.29, 1.82) is 0 Å². The molecule has 0 aromatic carbocycles. The summed E-state index contributed by atoms with van der Waals surface area (Å²) in [6, 6.07) is 3.29. The molecule has 1 aromatic heterocycles. The van der Waals surface area contributed by atoms with E-state index in [0.29, 0.717) is 5.75 Å². The maximum atomic E-state index is 10.3. The van der Waals surface area contributed by atoms with E-state index in [0.717, 1.165) is 0 Å². The summed E-state index contributed by atoms with van der Waals surface area (Å²) < 4.78 is 4.66. The lowest BCUT2D eigenvalue weighted by molar-refractivity contribution is -0.131. The number of pyridine rings is 1. The quantitative estimate of drug-likeness (QED) is 0.536. The van der Waals surface area contributed by atoms with Gasteiger partial charge in [0, 0.05) is 13.1 Å². The molecule has 1 heterocycles. The molecule has 0 spiro atoms. The zero-order valence-electron chi connectivity index (χ0n) is 5.50. The molecule has 0 amide bonds. The van der Waals surface area contributed by atoms with Crippen LogP contribution in [-0.4, -0.2) is 11.0 Å². The molecule has 51 valence electrons. The van der Waals surface area contributed by atoms with E-state index in [1.54, 1.807) is 18.3 Å². The summed E-state index contributed by atoms with van der Waals surface area (Å²) in [6.07, 6.45) is 4.07. The molecule has 0 unspecified atom stereocenters. The SMILES string of the molecule is CC(=O)Oc1[c]nccc1. The maximum absolute atomic E-state index is 10.3. The van der Waals surface area contributed by atoms with Gasteiger partial charge < -0.3 is 4.74 Å². The van der Waals surface area contributed by atoms with Gasteiger partial charge in [-0.25, -0.2) is 0 Å². The third kappa shape index (κ3) is 1.85. The van der Waals surface area contributed by atoms with E-state index in [1.165, 1.54) is 6.92 Å². The minimum absolute atomic E-state index is 0.356. The first-order valence-corrected chi connectivity index (χ1v) is 2.80. The van der Waals surface area contributed by atoms with Crippen LogP contribution in [0.25, 0.3) is 0 Å². The Kier molecular flexibility index (Phi) is 1.99. The molecule has 0 aliphatic rings. The second kappa shape index (κ2) is 2.96. The van der Waals surface area contributed by atoms with Crippen LogP contribution >= 0.6 is 0 Å². The number of hydrogen-bond acceptors (Lipinski definition) is 3. The van der Waals surface area contributed by atoms with Crippen LogP contribution in [0.15, 0.2) is 18.3 Å². The highest BCUT2D eigenvalue weighted by Crippen LogP contribution is 2.04. The van der Waals surface area contributed by atoms with E-state index in [-0.39, 0.29) is 5.97 Å². The summed E-state index contributed by atoms with van der Waals surface area (Å²) >= 11 is 0. The van der Waals surface area contributed by atoms with Gasteiger partial charge in [0.25, 0.3) is 0 Å². The molecule has 0 saturated heterocycles. The molecule has 0 atom stereocenters. The van der Waals surface area contributed by atoms with Crippen molar-refractivity contribution >= 4 is 5.97 Å². The maximum Gasteiger partial charge on any atom is 0.308 e. The monoisotopic (exact) mass is 136 g/mol. The molecule has 0 bridgehead atoms. The number of carbonyl (C=O) groups excluding carboxylic acids is 1. The Morgan fingerprint density at radius 3 is 3.10 bits per heavy atom. The van der Waals surface area contributed by atoms with Crippen LogP contribution in [0, 0.1) is 6.20 Å². The Hall–Kier alpha value is -1.38. The minimum Gasteiger partial charge on any atom is -0.424 e. The van der Waals surface area contributed by atoms with Crippen molar-refractivity contribution in [3.05, 3.63) is 24.5 Å². The van der Waals surface area contributed by atoms with Crippen molar-refractivity contribution in [3.63, 3.8) is 0 Å². The molecular weight excluding hydrogens is 130 g/mol.